The van der Waals surface area contributed by atoms with Crippen molar-refractivity contribution in [2.45, 2.75) is 19.3 Å². The van der Waals surface area contributed by atoms with Crippen LogP contribution in [0.2, 0.25) is 0 Å². The number of carboxylic acids is 2. The van der Waals surface area contributed by atoms with Crippen LogP contribution in [-0.2, 0) is 23.5 Å². The molecule has 0 aromatic heterocycles. The molecule has 0 heterocycles. The van der Waals surface area contributed by atoms with Crippen molar-refractivity contribution in [3.05, 3.63) is 0 Å². The van der Waals surface area contributed by atoms with E-state index < -0.39 is 44.5 Å². The second kappa shape index (κ2) is 6.33. The van der Waals surface area contributed by atoms with Gasteiger partial charge in [0.1, 0.15) is 0 Å². The Hall–Kier alpha value is -1.44. The van der Waals surface area contributed by atoms with Crippen LogP contribution >= 0.6 is 7.82 Å². The van der Waals surface area contributed by atoms with Crippen LogP contribution in [0.5, 0.6) is 0 Å². The fourth-order valence-corrected chi connectivity index (χ4v) is 1.35. The molecule has 0 aromatic carbocycles. The number of aliphatic carboxylic acids is 2. The molecule has 1 unspecified atom stereocenters. The van der Waals surface area contributed by atoms with Crippen molar-refractivity contribution in [1.29, 1.82) is 0 Å². The summed E-state index contributed by atoms with van der Waals surface area (Å²) >= 11 is 0. The second-order valence-electron chi connectivity index (χ2n) is 3.13. The van der Waals surface area contributed by atoms with Gasteiger partial charge in [-0.25, -0.2) is 4.57 Å². The Labute approximate surface area is 95.3 Å². The van der Waals surface area contributed by atoms with Crippen molar-refractivity contribution in [3.63, 3.8) is 0 Å². The summed E-state index contributed by atoms with van der Waals surface area (Å²) in [5.41, 5.74) is 0. The third-order valence-electron chi connectivity index (χ3n) is 1.69. The van der Waals surface area contributed by atoms with Gasteiger partial charge in [0, 0.05) is 6.42 Å². The predicted molar refractivity (Wildman–Crippen MR) is 50.7 cm³/mol. The highest BCUT2D eigenvalue weighted by Gasteiger charge is 2.25. The lowest BCUT2D eigenvalue weighted by atomic mass is 10.00. The van der Waals surface area contributed by atoms with Crippen LogP contribution in [-0.4, -0.2) is 37.9 Å². The number of phosphoric acid groups is 1. The molecule has 0 radical (unpaired) electrons. The smallest absolute Gasteiger partial charge is 0.481 e. The lowest BCUT2D eigenvalue weighted by Gasteiger charge is -2.09. The van der Waals surface area contributed by atoms with Gasteiger partial charge in [-0.05, 0) is 6.42 Å². The van der Waals surface area contributed by atoms with Crippen molar-refractivity contribution in [2.75, 3.05) is 0 Å². The lowest BCUT2D eigenvalue weighted by Crippen LogP contribution is -2.19. The van der Waals surface area contributed by atoms with Gasteiger partial charge >= 0.3 is 25.7 Å². The molecule has 0 amide bonds. The molecule has 0 saturated carbocycles. The highest BCUT2D eigenvalue weighted by atomic mass is 31.2. The van der Waals surface area contributed by atoms with Crippen LogP contribution in [0.1, 0.15) is 19.3 Å². The summed E-state index contributed by atoms with van der Waals surface area (Å²) in [5.74, 6) is -5.34. The Balaban J connectivity index is 4.22. The van der Waals surface area contributed by atoms with E-state index in [1.54, 1.807) is 0 Å². The maximum Gasteiger partial charge on any atom is 0.526 e. The number of carbonyl (C=O) groups excluding carboxylic acids is 1. The Morgan fingerprint density at radius 3 is 2.06 bits per heavy atom. The first kappa shape index (κ1) is 15.6. The Bertz CT molecular complexity index is 356. The average molecular weight is 270 g/mol. The van der Waals surface area contributed by atoms with Gasteiger partial charge in [-0.2, -0.15) is 0 Å². The summed E-state index contributed by atoms with van der Waals surface area (Å²) in [4.78, 5) is 48.2. The molecule has 4 N–H and O–H groups in total. The van der Waals surface area contributed by atoms with E-state index in [-0.39, 0.29) is 6.42 Å². The summed E-state index contributed by atoms with van der Waals surface area (Å²) in [7, 11) is -4.95. The van der Waals surface area contributed by atoms with E-state index in [0.717, 1.165) is 0 Å². The van der Waals surface area contributed by atoms with E-state index in [0.29, 0.717) is 0 Å². The largest absolute Gasteiger partial charge is 0.526 e. The molecule has 0 spiro atoms. The quantitative estimate of drug-likeness (QED) is 0.450. The maximum atomic E-state index is 10.8. The molecule has 1 atom stereocenters. The first-order chi connectivity index (χ1) is 7.61. The highest BCUT2D eigenvalue weighted by Crippen LogP contribution is 2.36. The molecule has 17 heavy (non-hydrogen) atoms. The van der Waals surface area contributed by atoms with Gasteiger partial charge in [0.05, 0.1) is 12.3 Å². The molecule has 0 saturated heterocycles. The van der Waals surface area contributed by atoms with E-state index in [1.165, 1.54) is 0 Å². The Kier molecular flexibility index (Phi) is 5.80. The molecule has 0 rings (SSSR count). The zero-order valence-corrected chi connectivity index (χ0v) is 9.37. The summed E-state index contributed by atoms with van der Waals surface area (Å²) in [6, 6.07) is 0. The van der Waals surface area contributed by atoms with Crippen molar-refractivity contribution in [3.8, 4) is 0 Å². The van der Waals surface area contributed by atoms with Crippen molar-refractivity contribution < 1.29 is 43.5 Å². The number of hydrogen-bond acceptors (Lipinski definition) is 5. The Morgan fingerprint density at radius 1 is 1.18 bits per heavy atom. The molecular weight excluding hydrogens is 259 g/mol. The normalized spacial score (nSPS) is 12.8. The summed E-state index contributed by atoms with van der Waals surface area (Å²) in [6.07, 6.45) is -1.64. The van der Waals surface area contributed by atoms with Gasteiger partial charge in [0.15, 0.2) is 0 Å². The van der Waals surface area contributed by atoms with E-state index in [9.17, 15) is 18.9 Å². The molecule has 10 heteroatoms. The van der Waals surface area contributed by atoms with Crippen LogP contribution in [0.25, 0.3) is 0 Å². The van der Waals surface area contributed by atoms with Gasteiger partial charge in [0.2, 0.25) is 0 Å². The number of carboxylic acid groups (broad SMARTS) is 2. The van der Waals surface area contributed by atoms with Gasteiger partial charge in [0.25, 0.3) is 0 Å². The SMILES string of the molecule is O=C(O)CC(CCC(=O)OP(=O)(O)O)C(=O)O. The zero-order chi connectivity index (χ0) is 13.6. The van der Waals surface area contributed by atoms with Crippen molar-refractivity contribution >= 4 is 25.7 Å². The topological polar surface area (TPSA) is 158 Å². The average Bonchev–Trinajstić information content (AvgIpc) is 2.08. The third kappa shape index (κ3) is 8.38. The molecule has 0 aliphatic rings. The molecule has 0 aliphatic heterocycles. The van der Waals surface area contributed by atoms with Crippen LogP contribution < -0.4 is 0 Å². The number of rotatable bonds is 7. The van der Waals surface area contributed by atoms with Gasteiger partial charge in [-0.1, -0.05) is 0 Å². The Morgan fingerprint density at radius 2 is 1.71 bits per heavy atom. The van der Waals surface area contributed by atoms with E-state index in [4.69, 9.17) is 20.0 Å². The standard InChI is InChI=1S/C7H11O9P/c8-5(9)3-4(7(11)12)1-2-6(10)16-17(13,14)15/h4H,1-3H2,(H,8,9)(H,11,12)(H2,13,14,15). The molecule has 98 valence electrons. The summed E-state index contributed by atoms with van der Waals surface area (Å²) in [5, 5.41) is 17.0. The van der Waals surface area contributed by atoms with E-state index in [1.807, 2.05) is 0 Å². The van der Waals surface area contributed by atoms with Crippen molar-refractivity contribution in [1.82, 2.24) is 0 Å². The van der Waals surface area contributed by atoms with Crippen LogP contribution in [0, 0.1) is 5.92 Å². The molecule has 0 bridgehead atoms. The second-order valence-corrected chi connectivity index (χ2v) is 4.29. The monoisotopic (exact) mass is 270 g/mol. The third-order valence-corrected chi connectivity index (χ3v) is 2.13. The summed E-state index contributed by atoms with van der Waals surface area (Å²) < 4.78 is 13.9. The summed E-state index contributed by atoms with van der Waals surface area (Å²) in [6.45, 7) is 0. The van der Waals surface area contributed by atoms with Gasteiger partial charge in [-0.15, -0.1) is 0 Å². The molecule has 0 aliphatic carbocycles. The van der Waals surface area contributed by atoms with Gasteiger partial charge in [-0.3, -0.25) is 24.2 Å². The number of hydrogen-bond donors (Lipinski definition) is 4. The predicted octanol–water partition coefficient (Wildman–Crippen LogP) is -0.422. The van der Waals surface area contributed by atoms with Gasteiger partial charge < -0.3 is 14.7 Å². The maximum absolute atomic E-state index is 10.8. The van der Waals surface area contributed by atoms with E-state index >= 15 is 0 Å². The minimum absolute atomic E-state index is 0.375. The number of phosphoric ester groups is 1. The number of carbonyl (C=O) groups is 3. The highest BCUT2D eigenvalue weighted by molar-refractivity contribution is 7.46. The molecular formula is C7H11O9P. The molecule has 9 nitrogen and oxygen atoms in total. The minimum Gasteiger partial charge on any atom is -0.481 e. The fraction of sp³-hybridized carbons (Fsp3) is 0.571. The zero-order valence-electron chi connectivity index (χ0n) is 8.48. The molecule has 0 fully saturated rings. The molecule has 0 aromatic rings. The van der Waals surface area contributed by atoms with Crippen LogP contribution in [0.15, 0.2) is 0 Å². The first-order valence-corrected chi connectivity index (χ1v) is 5.87. The van der Waals surface area contributed by atoms with Crippen molar-refractivity contribution in [2.24, 2.45) is 5.92 Å². The fourth-order valence-electron chi connectivity index (χ4n) is 0.994. The van der Waals surface area contributed by atoms with Crippen LogP contribution in [0.4, 0.5) is 0 Å². The first-order valence-electron chi connectivity index (χ1n) is 4.34. The van der Waals surface area contributed by atoms with E-state index in [2.05, 4.69) is 4.52 Å². The lowest BCUT2D eigenvalue weighted by molar-refractivity contribution is -0.149. The minimum atomic E-state index is -4.95. The van der Waals surface area contributed by atoms with Crippen LogP contribution in [0.3, 0.4) is 0 Å².